The van der Waals surface area contributed by atoms with Crippen LogP contribution in [0.3, 0.4) is 0 Å². The SMILES string of the molecule is COC(=O)Nc1cccc(NCc2ncc(Cl)s2)c1. The van der Waals surface area contributed by atoms with Crippen LogP contribution in [0.4, 0.5) is 16.2 Å². The summed E-state index contributed by atoms with van der Waals surface area (Å²) in [5, 5.41) is 6.70. The number of amides is 1. The first kappa shape index (κ1) is 13.6. The van der Waals surface area contributed by atoms with Gasteiger partial charge in [-0.05, 0) is 18.2 Å². The molecule has 0 saturated heterocycles. The van der Waals surface area contributed by atoms with Gasteiger partial charge in [-0.3, -0.25) is 5.32 Å². The fraction of sp³-hybridized carbons (Fsp3) is 0.167. The van der Waals surface area contributed by atoms with Crippen LogP contribution in [0, 0.1) is 0 Å². The molecule has 7 heteroatoms. The molecule has 0 saturated carbocycles. The van der Waals surface area contributed by atoms with Crippen molar-refractivity contribution >= 4 is 40.4 Å². The Kier molecular flexibility index (Phi) is 4.59. The van der Waals surface area contributed by atoms with Crippen LogP contribution in [0.1, 0.15) is 5.01 Å². The van der Waals surface area contributed by atoms with Crippen molar-refractivity contribution in [2.24, 2.45) is 0 Å². The third-order valence-electron chi connectivity index (χ3n) is 2.26. The molecule has 2 rings (SSSR count). The number of hydrogen-bond donors (Lipinski definition) is 2. The summed E-state index contributed by atoms with van der Waals surface area (Å²) in [5.74, 6) is 0. The average molecular weight is 298 g/mol. The number of nitrogens with zero attached hydrogens (tertiary/aromatic N) is 1. The number of rotatable bonds is 4. The Morgan fingerprint density at radius 2 is 2.26 bits per heavy atom. The smallest absolute Gasteiger partial charge is 0.411 e. The predicted octanol–water partition coefficient (Wildman–Crippen LogP) is 3.59. The van der Waals surface area contributed by atoms with Crippen molar-refractivity contribution in [3.8, 4) is 0 Å². The lowest BCUT2D eigenvalue weighted by atomic mass is 10.3. The standard InChI is InChI=1S/C12H12ClN3O2S/c1-18-12(17)16-9-4-2-3-8(5-9)14-7-11-15-6-10(13)19-11/h2-6,14H,7H2,1H3,(H,16,17). The van der Waals surface area contributed by atoms with Gasteiger partial charge in [-0.2, -0.15) is 0 Å². The quantitative estimate of drug-likeness (QED) is 0.905. The van der Waals surface area contributed by atoms with Crippen molar-refractivity contribution in [2.45, 2.75) is 6.54 Å². The molecule has 5 nitrogen and oxygen atoms in total. The first-order valence-corrected chi connectivity index (χ1v) is 6.66. The fourth-order valence-electron chi connectivity index (χ4n) is 1.42. The fourth-order valence-corrected chi connectivity index (χ4v) is 2.32. The second-order valence-electron chi connectivity index (χ2n) is 3.61. The highest BCUT2D eigenvalue weighted by atomic mass is 35.5. The Morgan fingerprint density at radius 3 is 2.95 bits per heavy atom. The van der Waals surface area contributed by atoms with Crippen molar-refractivity contribution in [3.05, 3.63) is 39.8 Å². The molecule has 0 fully saturated rings. The molecule has 1 aromatic carbocycles. The molecule has 0 atom stereocenters. The number of benzene rings is 1. The second kappa shape index (κ2) is 6.40. The van der Waals surface area contributed by atoms with Gasteiger partial charge in [0.1, 0.15) is 9.34 Å². The van der Waals surface area contributed by atoms with Gasteiger partial charge in [0.25, 0.3) is 0 Å². The Bertz CT molecular complexity index is 574. The molecule has 19 heavy (non-hydrogen) atoms. The lowest BCUT2D eigenvalue weighted by Crippen LogP contribution is -2.11. The minimum Gasteiger partial charge on any atom is -0.453 e. The maximum Gasteiger partial charge on any atom is 0.411 e. The van der Waals surface area contributed by atoms with E-state index in [1.807, 2.05) is 18.2 Å². The van der Waals surface area contributed by atoms with Crippen LogP contribution < -0.4 is 10.6 Å². The van der Waals surface area contributed by atoms with E-state index in [9.17, 15) is 4.79 Å². The van der Waals surface area contributed by atoms with Crippen LogP contribution in [-0.2, 0) is 11.3 Å². The third-order valence-corrected chi connectivity index (χ3v) is 3.38. The second-order valence-corrected chi connectivity index (χ2v) is 5.36. The molecule has 2 N–H and O–H groups in total. The zero-order chi connectivity index (χ0) is 13.7. The largest absolute Gasteiger partial charge is 0.453 e. The van der Waals surface area contributed by atoms with Crippen molar-refractivity contribution in [3.63, 3.8) is 0 Å². The molecule has 0 bridgehead atoms. The Labute approximate surface area is 119 Å². The first-order valence-electron chi connectivity index (χ1n) is 5.46. The molecular weight excluding hydrogens is 286 g/mol. The highest BCUT2D eigenvalue weighted by Gasteiger charge is 2.03. The van der Waals surface area contributed by atoms with E-state index in [0.717, 1.165) is 10.7 Å². The van der Waals surface area contributed by atoms with Gasteiger partial charge in [0.15, 0.2) is 0 Å². The number of carbonyl (C=O) groups excluding carboxylic acids is 1. The molecule has 0 aliphatic carbocycles. The Balaban J connectivity index is 1.97. The number of anilines is 2. The molecule has 1 amide bonds. The van der Waals surface area contributed by atoms with Crippen LogP contribution in [0.25, 0.3) is 0 Å². The van der Waals surface area contributed by atoms with Crippen molar-refractivity contribution in [1.82, 2.24) is 4.98 Å². The van der Waals surface area contributed by atoms with Gasteiger partial charge in [-0.15, -0.1) is 11.3 Å². The molecule has 100 valence electrons. The van der Waals surface area contributed by atoms with Crippen LogP contribution in [-0.4, -0.2) is 18.2 Å². The minimum absolute atomic E-state index is 0.496. The summed E-state index contributed by atoms with van der Waals surface area (Å²) in [5.41, 5.74) is 1.54. The molecule has 2 aromatic rings. The highest BCUT2D eigenvalue weighted by molar-refractivity contribution is 7.15. The van der Waals surface area contributed by atoms with E-state index in [-0.39, 0.29) is 0 Å². The predicted molar refractivity (Wildman–Crippen MR) is 76.9 cm³/mol. The number of aromatic nitrogens is 1. The molecule has 0 radical (unpaired) electrons. The van der Waals surface area contributed by atoms with Gasteiger partial charge >= 0.3 is 6.09 Å². The maximum absolute atomic E-state index is 11.1. The monoisotopic (exact) mass is 297 g/mol. The van der Waals surface area contributed by atoms with Crippen LogP contribution >= 0.6 is 22.9 Å². The summed E-state index contributed by atoms with van der Waals surface area (Å²) in [7, 11) is 1.32. The Hall–Kier alpha value is -1.79. The van der Waals surface area contributed by atoms with E-state index in [1.165, 1.54) is 18.4 Å². The average Bonchev–Trinajstić information content (AvgIpc) is 2.82. The van der Waals surface area contributed by atoms with Crippen LogP contribution in [0.2, 0.25) is 4.34 Å². The number of ether oxygens (including phenoxy) is 1. The number of hydrogen-bond acceptors (Lipinski definition) is 5. The molecule has 1 aromatic heterocycles. The summed E-state index contributed by atoms with van der Waals surface area (Å²) in [6.45, 7) is 0.582. The van der Waals surface area contributed by atoms with Crippen molar-refractivity contribution in [1.29, 1.82) is 0 Å². The van der Waals surface area contributed by atoms with E-state index in [1.54, 1.807) is 12.3 Å². The van der Waals surface area contributed by atoms with Gasteiger partial charge in [0, 0.05) is 11.4 Å². The number of carbonyl (C=O) groups is 1. The van der Waals surface area contributed by atoms with Gasteiger partial charge in [-0.1, -0.05) is 17.7 Å². The molecule has 0 aliphatic rings. The summed E-state index contributed by atoms with van der Waals surface area (Å²) in [6.07, 6.45) is 1.13. The number of halogens is 1. The zero-order valence-corrected chi connectivity index (χ0v) is 11.7. The topological polar surface area (TPSA) is 63.2 Å². The molecule has 0 spiro atoms. The summed E-state index contributed by atoms with van der Waals surface area (Å²) < 4.78 is 5.20. The number of nitrogens with one attached hydrogen (secondary N) is 2. The van der Waals surface area contributed by atoms with Gasteiger partial charge < -0.3 is 10.1 Å². The van der Waals surface area contributed by atoms with Gasteiger partial charge in [-0.25, -0.2) is 9.78 Å². The van der Waals surface area contributed by atoms with Crippen LogP contribution in [0.15, 0.2) is 30.5 Å². The van der Waals surface area contributed by atoms with E-state index in [4.69, 9.17) is 11.6 Å². The zero-order valence-electron chi connectivity index (χ0n) is 10.1. The highest BCUT2D eigenvalue weighted by Crippen LogP contribution is 2.20. The Morgan fingerprint density at radius 1 is 1.47 bits per heavy atom. The van der Waals surface area contributed by atoms with E-state index >= 15 is 0 Å². The van der Waals surface area contributed by atoms with Crippen LogP contribution in [0.5, 0.6) is 0 Å². The maximum atomic E-state index is 11.1. The third kappa shape index (κ3) is 4.11. The molecule has 0 unspecified atom stereocenters. The number of thiazole rings is 1. The van der Waals surface area contributed by atoms with Gasteiger partial charge in [0.2, 0.25) is 0 Å². The lowest BCUT2D eigenvalue weighted by molar-refractivity contribution is 0.187. The molecular formula is C12H12ClN3O2S. The van der Waals surface area contributed by atoms with E-state index in [0.29, 0.717) is 16.6 Å². The molecule has 1 heterocycles. The minimum atomic E-state index is -0.496. The first-order chi connectivity index (χ1) is 9.17. The summed E-state index contributed by atoms with van der Waals surface area (Å²) in [6, 6.07) is 7.33. The van der Waals surface area contributed by atoms with Crippen molar-refractivity contribution < 1.29 is 9.53 Å². The van der Waals surface area contributed by atoms with Gasteiger partial charge in [0.05, 0.1) is 19.9 Å². The van der Waals surface area contributed by atoms with E-state index in [2.05, 4.69) is 20.4 Å². The lowest BCUT2D eigenvalue weighted by Gasteiger charge is -2.07. The summed E-state index contributed by atoms with van der Waals surface area (Å²) >= 11 is 7.24. The molecule has 0 aliphatic heterocycles. The summed E-state index contributed by atoms with van der Waals surface area (Å²) in [4.78, 5) is 15.2. The normalized spacial score (nSPS) is 10.0. The number of methoxy groups -OCH3 is 1. The van der Waals surface area contributed by atoms with Crippen molar-refractivity contribution in [2.75, 3.05) is 17.7 Å². The van der Waals surface area contributed by atoms with E-state index < -0.39 is 6.09 Å².